The van der Waals surface area contributed by atoms with E-state index in [1.54, 1.807) is 68.7 Å². The van der Waals surface area contributed by atoms with Crippen LogP contribution >= 0.6 is 11.6 Å². The van der Waals surface area contributed by atoms with Gasteiger partial charge in [-0.05, 0) is 82.1 Å². The van der Waals surface area contributed by atoms with Gasteiger partial charge in [-0.3, -0.25) is 9.59 Å². The van der Waals surface area contributed by atoms with Crippen molar-refractivity contribution in [2.75, 3.05) is 6.61 Å². The predicted octanol–water partition coefficient (Wildman–Crippen LogP) is 6.01. The summed E-state index contributed by atoms with van der Waals surface area (Å²) in [5.41, 5.74) is 2.92. The maximum atomic E-state index is 13.9. The smallest absolute Gasteiger partial charge is 0.355 e. The van der Waals surface area contributed by atoms with Crippen LogP contribution < -0.4 is 0 Å². The number of ketones is 1. The molecule has 0 saturated heterocycles. The summed E-state index contributed by atoms with van der Waals surface area (Å²) in [7, 11) is 0. The lowest BCUT2D eigenvalue weighted by molar-refractivity contribution is 0.0512. The third-order valence-corrected chi connectivity index (χ3v) is 6.52. The first-order valence-electron chi connectivity index (χ1n) is 11.8. The third-order valence-electron chi connectivity index (χ3n) is 6.26. The second-order valence-electron chi connectivity index (χ2n) is 8.51. The van der Waals surface area contributed by atoms with Crippen molar-refractivity contribution < 1.29 is 23.5 Å². The van der Waals surface area contributed by atoms with Gasteiger partial charge in [-0.2, -0.15) is 0 Å². The molecule has 0 fully saturated rings. The normalized spacial score (nSPS) is 11.8. The van der Waals surface area contributed by atoms with Gasteiger partial charge >= 0.3 is 5.97 Å². The van der Waals surface area contributed by atoms with Gasteiger partial charge in [0.2, 0.25) is 0 Å². The van der Waals surface area contributed by atoms with Crippen LogP contribution in [-0.4, -0.2) is 39.8 Å². The van der Waals surface area contributed by atoms with Crippen molar-refractivity contribution in [2.45, 2.75) is 53.8 Å². The van der Waals surface area contributed by atoms with Gasteiger partial charge in [0, 0.05) is 34.9 Å². The second kappa shape index (κ2) is 11.5. The molecule has 1 atom stereocenters. The topological polar surface area (TPSA) is 68.6 Å². The molecule has 1 amide bonds. The molecule has 1 aromatic heterocycles. The molecule has 1 heterocycles. The Morgan fingerprint density at radius 2 is 1.64 bits per heavy atom. The van der Waals surface area contributed by atoms with E-state index in [-0.39, 0.29) is 24.8 Å². The van der Waals surface area contributed by atoms with Gasteiger partial charge in [-0.15, -0.1) is 0 Å². The number of Topliss-reactive ketones (excluding diaryl/α,β-unsaturated/α-hetero) is 1. The molecule has 3 rings (SSSR count). The quantitative estimate of drug-likeness (QED) is 0.260. The lowest BCUT2D eigenvalue weighted by atomic mass is 9.98. The number of carbonyl (C=O) groups excluding carboxylic acids is 3. The van der Waals surface area contributed by atoms with E-state index in [0.29, 0.717) is 45.2 Å². The standard InChI is InChI=1S/C28H30ClFN2O4/c1-6-31-18(4)24(17(3)25(31)28(35)36-7-2)26(33)19(5)32(16-20-8-14-23(30)15-9-20)27(34)21-10-12-22(29)13-11-21/h8-15,19H,6-7,16H2,1-5H3/t19-/m1/s1. The molecule has 8 heteroatoms. The highest BCUT2D eigenvalue weighted by Gasteiger charge is 2.33. The van der Waals surface area contributed by atoms with E-state index >= 15 is 0 Å². The van der Waals surface area contributed by atoms with E-state index in [9.17, 15) is 18.8 Å². The largest absolute Gasteiger partial charge is 0.461 e. The van der Waals surface area contributed by atoms with Crippen LogP contribution in [-0.2, 0) is 17.8 Å². The summed E-state index contributed by atoms with van der Waals surface area (Å²) in [4.78, 5) is 41.6. The maximum absolute atomic E-state index is 13.9. The average molecular weight is 513 g/mol. The first-order valence-corrected chi connectivity index (χ1v) is 12.2. The fraction of sp³-hybridized carbons (Fsp3) is 0.321. The highest BCUT2D eigenvalue weighted by atomic mass is 35.5. The Kier molecular flexibility index (Phi) is 8.69. The summed E-state index contributed by atoms with van der Waals surface area (Å²) >= 11 is 5.99. The van der Waals surface area contributed by atoms with Crippen LogP contribution in [0.4, 0.5) is 4.39 Å². The molecule has 0 bridgehead atoms. The zero-order chi connectivity index (χ0) is 26.6. The van der Waals surface area contributed by atoms with Crippen LogP contribution in [0.25, 0.3) is 0 Å². The van der Waals surface area contributed by atoms with Crippen molar-refractivity contribution in [3.63, 3.8) is 0 Å². The minimum Gasteiger partial charge on any atom is -0.461 e. The Morgan fingerprint density at radius 3 is 2.19 bits per heavy atom. The van der Waals surface area contributed by atoms with Crippen LogP contribution in [0.15, 0.2) is 48.5 Å². The summed E-state index contributed by atoms with van der Waals surface area (Å²) in [6, 6.07) is 11.3. The summed E-state index contributed by atoms with van der Waals surface area (Å²) in [6.45, 7) is 9.55. The van der Waals surface area contributed by atoms with Crippen molar-refractivity contribution >= 4 is 29.3 Å². The Morgan fingerprint density at radius 1 is 1.03 bits per heavy atom. The van der Waals surface area contributed by atoms with Crippen molar-refractivity contribution in [3.8, 4) is 0 Å². The van der Waals surface area contributed by atoms with Crippen LogP contribution in [0.5, 0.6) is 0 Å². The summed E-state index contributed by atoms with van der Waals surface area (Å²) in [5, 5.41) is 0.486. The van der Waals surface area contributed by atoms with Gasteiger partial charge < -0.3 is 14.2 Å². The number of benzene rings is 2. The van der Waals surface area contributed by atoms with Gasteiger partial charge in [0.05, 0.1) is 12.6 Å². The van der Waals surface area contributed by atoms with Crippen molar-refractivity contribution in [1.29, 1.82) is 0 Å². The van der Waals surface area contributed by atoms with Gasteiger partial charge in [-0.1, -0.05) is 23.7 Å². The SMILES string of the molecule is CCOC(=O)c1c(C)c(C(=O)[C@@H](C)N(Cc2ccc(F)cc2)C(=O)c2ccc(Cl)cc2)c(C)n1CC. The molecule has 0 radical (unpaired) electrons. The van der Waals surface area contributed by atoms with Crippen LogP contribution in [0.2, 0.25) is 5.02 Å². The van der Waals surface area contributed by atoms with E-state index in [2.05, 4.69) is 0 Å². The number of hydrogen-bond donors (Lipinski definition) is 0. The average Bonchev–Trinajstić information content (AvgIpc) is 3.12. The number of rotatable bonds is 9. The summed E-state index contributed by atoms with van der Waals surface area (Å²) in [6.07, 6.45) is 0. The van der Waals surface area contributed by atoms with Crippen LogP contribution in [0, 0.1) is 19.7 Å². The summed E-state index contributed by atoms with van der Waals surface area (Å²) in [5.74, 6) is -1.55. The maximum Gasteiger partial charge on any atom is 0.355 e. The highest BCUT2D eigenvalue weighted by molar-refractivity contribution is 6.30. The second-order valence-corrected chi connectivity index (χ2v) is 8.94. The van der Waals surface area contributed by atoms with Crippen LogP contribution in [0.3, 0.4) is 0 Å². The first kappa shape index (κ1) is 27.1. The highest BCUT2D eigenvalue weighted by Crippen LogP contribution is 2.27. The number of ether oxygens (including phenoxy) is 1. The molecule has 36 heavy (non-hydrogen) atoms. The molecule has 0 saturated carbocycles. The molecule has 190 valence electrons. The van der Waals surface area contributed by atoms with E-state index < -0.39 is 17.8 Å². The first-order chi connectivity index (χ1) is 17.1. The number of aromatic nitrogens is 1. The Hall–Kier alpha value is -3.45. The minimum absolute atomic E-state index is 0.0892. The molecule has 0 aliphatic heterocycles. The van der Waals surface area contributed by atoms with E-state index in [4.69, 9.17) is 16.3 Å². The lowest BCUT2D eigenvalue weighted by Crippen LogP contribution is -2.43. The van der Waals surface area contributed by atoms with E-state index in [0.717, 1.165) is 0 Å². The lowest BCUT2D eigenvalue weighted by Gasteiger charge is -2.29. The fourth-order valence-electron chi connectivity index (χ4n) is 4.40. The number of hydrogen-bond acceptors (Lipinski definition) is 4. The number of esters is 1. The Bertz CT molecular complexity index is 1270. The van der Waals surface area contributed by atoms with Gasteiger partial charge in [0.25, 0.3) is 5.91 Å². The molecule has 0 unspecified atom stereocenters. The molecule has 3 aromatic rings. The molecule has 6 nitrogen and oxygen atoms in total. The molecule has 0 aliphatic carbocycles. The van der Waals surface area contributed by atoms with Crippen LogP contribution in [0.1, 0.15) is 68.8 Å². The molecule has 0 N–H and O–H groups in total. The number of nitrogens with zero attached hydrogens (tertiary/aromatic N) is 2. The number of amides is 1. The molecule has 0 aliphatic rings. The van der Waals surface area contributed by atoms with Gasteiger partial charge in [0.1, 0.15) is 11.5 Å². The van der Waals surface area contributed by atoms with Gasteiger partial charge in [-0.25, -0.2) is 9.18 Å². The minimum atomic E-state index is -0.876. The Labute approximate surface area is 215 Å². The fourth-order valence-corrected chi connectivity index (χ4v) is 4.52. The predicted molar refractivity (Wildman–Crippen MR) is 137 cm³/mol. The summed E-state index contributed by atoms with van der Waals surface area (Å²) < 4.78 is 20.5. The monoisotopic (exact) mass is 512 g/mol. The van der Waals surface area contributed by atoms with Crippen molar-refractivity contribution in [3.05, 3.63) is 93.0 Å². The Balaban J connectivity index is 2.05. The molecular formula is C28H30ClFN2O4. The number of carbonyl (C=O) groups is 3. The van der Waals surface area contributed by atoms with E-state index in [1.165, 1.54) is 17.0 Å². The molecular weight excluding hydrogens is 483 g/mol. The molecule has 0 spiro atoms. The van der Waals surface area contributed by atoms with Crippen molar-refractivity contribution in [1.82, 2.24) is 9.47 Å². The zero-order valence-corrected chi connectivity index (χ0v) is 21.9. The van der Waals surface area contributed by atoms with E-state index in [1.807, 2.05) is 6.92 Å². The van der Waals surface area contributed by atoms with Crippen molar-refractivity contribution in [2.24, 2.45) is 0 Å². The number of halogens is 2. The third kappa shape index (κ3) is 5.51. The van der Waals surface area contributed by atoms with Gasteiger partial charge in [0.15, 0.2) is 5.78 Å². The zero-order valence-electron chi connectivity index (χ0n) is 21.1. The molecule has 2 aromatic carbocycles.